The van der Waals surface area contributed by atoms with E-state index in [-0.39, 0.29) is 23.6 Å². The summed E-state index contributed by atoms with van der Waals surface area (Å²) in [6.07, 6.45) is 1.17. The third-order valence-electron chi connectivity index (χ3n) is 6.14. The van der Waals surface area contributed by atoms with Crippen molar-refractivity contribution in [2.24, 2.45) is 5.92 Å². The molecule has 1 unspecified atom stereocenters. The Labute approximate surface area is 205 Å². The van der Waals surface area contributed by atoms with Crippen LogP contribution in [0.15, 0.2) is 48.5 Å². The summed E-state index contributed by atoms with van der Waals surface area (Å²) < 4.78 is 15.4. The minimum absolute atomic E-state index is 0.0780. The van der Waals surface area contributed by atoms with Crippen LogP contribution in [0.1, 0.15) is 33.6 Å². The fraction of sp³-hybridized carbons (Fsp3) is 0.423. The number of carbonyl (C=O) groups is 3. The van der Waals surface area contributed by atoms with Gasteiger partial charge in [0.15, 0.2) is 0 Å². The normalized spacial score (nSPS) is 14.7. The van der Waals surface area contributed by atoms with Crippen molar-refractivity contribution in [3.63, 3.8) is 0 Å². The van der Waals surface area contributed by atoms with Gasteiger partial charge in [0.1, 0.15) is 17.5 Å². The maximum absolute atomic E-state index is 13.0. The zero-order valence-electron chi connectivity index (χ0n) is 20.4. The van der Waals surface area contributed by atoms with E-state index in [0.717, 1.165) is 0 Å². The van der Waals surface area contributed by atoms with E-state index in [0.29, 0.717) is 61.7 Å². The van der Waals surface area contributed by atoms with Gasteiger partial charge in [0.05, 0.1) is 20.8 Å². The van der Waals surface area contributed by atoms with Crippen LogP contribution in [-0.4, -0.2) is 76.2 Å². The van der Waals surface area contributed by atoms with Gasteiger partial charge in [0, 0.05) is 37.9 Å². The maximum atomic E-state index is 13.0. The molecule has 35 heavy (non-hydrogen) atoms. The zero-order valence-corrected chi connectivity index (χ0v) is 20.4. The van der Waals surface area contributed by atoms with Crippen molar-refractivity contribution in [3.8, 4) is 11.5 Å². The Bertz CT molecular complexity index is 1000. The molecule has 0 bridgehead atoms. The number of ether oxygens (including phenoxy) is 3. The number of nitrogens with zero attached hydrogens (tertiary/aromatic N) is 1. The number of methoxy groups -OCH3 is 3. The number of nitrogens with one attached hydrogen (secondary N) is 2. The van der Waals surface area contributed by atoms with Gasteiger partial charge in [0.25, 0.3) is 11.8 Å². The third-order valence-corrected chi connectivity index (χ3v) is 6.14. The average molecular weight is 484 g/mol. The van der Waals surface area contributed by atoms with Crippen LogP contribution in [0.4, 0.5) is 0 Å². The van der Waals surface area contributed by atoms with E-state index < -0.39 is 6.04 Å². The molecule has 0 aliphatic carbocycles. The second-order valence-corrected chi connectivity index (χ2v) is 8.33. The second kappa shape index (κ2) is 12.8. The van der Waals surface area contributed by atoms with Crippen LogP contribution in [0.3, 0.4) is 0 Å². The SMILES string of the molecule is COCCNC(=O)C(NC(=O)c1ccc(OC)cc1)C1CCN(C(=O)c2cccc(OC)c2)CC1. The molecule has 1 aliphatic rings. The molecular weight excluding hydrogens is 450 g/mol. The lowest BCUT2D eigenvalue weighted by Crippen LogP contribution is -2.54. The van der Waals surface area contributed by atoms with Gasteiger partial charge in [-0.1, -0.05) is 6.07 Å². The van der Waals surface area contributed by atoms with E-state index in [1.807, 2.05) is 0 Å². The Kier molecular flexibility index (Phi) is 9.48. The number of hydrogen-bond acceptors (Lipinski definition) is 6. The molecule has 2 N–H and O–H groups in total. The topological polar surface area (TPSA) is 106 Å². The van der Waals surface area contributed by atoms with Crippen molar-refractivity contribution in [2.45, 2.75) is 18.9 Å². The zero-order chi connectivity index (χ0) is 25.2. The lowest BCUT2D eigenvalue weighted by atomic mass is 9.88. The van der Waals surface area contributed by atoms with Gasteiger partial charge in [0.2, 0.25) is 5.91 Å². The smallest absolute Gasteiger partial charge is 0.253 e. The highest BCUT2D eigenvalue weighted by molar-refractivity contribution is 5.98. The van der Waals surface area contributed by atoms with Gasteiger partial charge in [-0.3, -0.25) is 14.4 Å². The summed E-state index contributed by atoms with van der Waals surface area (Å²) in [6, 6.07) is 13.0. The van der Waals surface area contributed by atoms with E-state index >= 15 is 0 Å². The summed E-state index contributed by atoms with van der Waals surface area (Å²) in [5.74, 6) is 0.471. The first kappa shape index (κ1) is 26.0. The highest BCUT2D eigenvalue weighted by Crippen LogP contribution is 2.24. The predicted octanol–water partition coefficient (Wildman–Crippen LogP) is 2.12. The first-order valence-electron chi connectivity index (χ1n) is 11.6. The quantitative estimate of drug-likeness (QED) is 0.502. The summed E-state index contributed by atoms with van der Waals surface area (Å²) in [4.78, 5) is 40.7. The van der Waals surface area contributed by atoms with Crippen molar-refractivity contribution in [1.29, 1.82) is 0 Å². The standard InChI is InChI=1S/C26H33N3O6/c1-33-16-13-27-25(31)23(28-24(30)19-7-9-21(34-2)10-8-19)18-11-14-29(15-12-18)26(32)20-5-4-6-22(17-20)35-3/h4-10,17-18,23H,11-16H2,1-3H3,(H,27,31)(H,28,30). The maximum Gasteiger partial charge on any atom is 0.253 e. The molecule has 1 atom stereocenters. The molecule has 2 aromatic carbocycles. The van der Waals surface area contributed by atoms with Gasteiger partial charge in [-0.15, -0.1) is 0 Å². The minimum Gasteiger partial charge on any atom is -0.497 e. The van der Waals surface area contributed by atoms with Crippen LogP contribution in [-0.2, 0) is 9.53 Å². The number of carbonyl (C=O) groups excluding carboxylic acids is 3. The number of piperidine rings is 1. The third kappa shape index (κ3) is 6.95. The fourth-order valence-electron chi connectivity index (χ4n) is 4.13. The molecule has 1 saturated heterocycles. The fourth-order valence-corrected chi connectivity index (χ4v) is 4.13. The largest absolute Gasteiger partial charge is 0.497 e. The van der Waals surface area contributed by atoms with Crippen LogP contribution >= 0.6 is 0 Å². The predicted molar refractivity (Wildman–Crippen MR) is 131 cm³/mol. The van der Waals surface area contributed by atoms with Gasteiger partial charge in [-0.05, 0) is 61.2 Å². The Morgan fingerprint density at radius 2 is 1.63 bits per heavy atom. The van der Waals surface area contributed by atoms with Crippen molar-refractivity contribution < 1.29 is 28.6 Å². The Morgan fingerprint density at radius 1 is 0.943 bits per heavy atom. The van der Waals surface area contributed by atoms with Gasteiger partial charge in [-0.2, -0.15) is 0 Å². The summed E-state index contributed by atoms with van der Waals surface area (Å²) >= 11 is 0. The number of amides is 3. The van der Waals surface area contributed by atoms with E-state index in [1.54, 1.807) is 74.8 Å². The first-order valence-corrected chi connectivity index (χ1v) is 11.6. The molecule has 3 rings (SSSR count). The summed E-state index contributed by atoms with van der Waals surface area (Å²) in [5.41, 5.74) is 0.996. The number of rotatable bonds is 10. The van der Waals surface area contributed by atoms with Crippen molar-refractivity contribution >= 4 is 17.7 Å². The van der Waals surface area contributed by atoms with Gasteiger partial charge < -0.3 is 29.7 Å². The van der Waals surface area contributed by atoms with Crippen LogP contribution < -0.4 is 20.1 Å². The average Bonchev–Trinajstić information content (AvgIpc) is 2.91. The summed E-state index contributed by atoms with van der Waals surface area (Å²) in [6.45, 7) is 1.69. The van der Waals surface area contributed by atoms with Gasteiger partial charge in [-0.25, -0.2) is 0 Å². The molecule has 0 spiro atoms. The highest BCUT2D eigenvalue weighted by Gasteiger charge is 2.34. The minimum atomic E-state index is -0.726. The lowest BCUT2D eigenvalue weighted by Gasteiger charge is -2.36. The first-order chi connectivity index (χ1) is 17.0. The molecular formula is C26H33N3O6. The van der Waals surface area contributed by atoms with Crippen molar-refractivity contribution in [1.82, 2.24) is 15.5 Å². The van der Waals surface area contributed by atoms with Crippen molar-refractivity contribution in [2.75, 3.05) is 47.6 Å². The molecule has 0 aromatic heterocycles. The molecule has 188 valence electrons. The molecule has 1 aliphatic heterocycles. The molecule has 1 heterocycles. The monoisotopic (exact) mass is 483 g/mol. The molecule has 9 heteroatoms. The summed E-state index contributed by atoms with van der Waals surface area (Å²) in [7, 11) is 4.68. The van der Waals surface area contributed by atoms with Crippen LogP contribution in [0, 0.1) is 5.92 Å². The van der Waals surface area contributed by atoms with E-state index in [1.165, 1.54) is 0 Å². The molecule has 2 aromatic rings. The van der Waals surface area contributed by atoms with E-state index in [9.17, 15) is 14.4 Å². The highest BCUT2D eigenvalue weighted by atomic mass is 16.5. The molecule has 9 nitrogen and oxygen atoms in total. The lowest BCUT2D eigenvalue weighted by molar-refractivity contribution is -0.124. The molecule has 0 radical (unpaired) electrons. The second-order valence-electron chi connectivity index (χ2n) is 8.33. The van der Waals surface area contributed by atoms with E-state index in [4.69, 9.17) is 14.2 Å². The number of likely N-dealkylation sites (tertiary alicyclic amines) is 1. The number of hydrogen-bond donors (Lipinski definition) is 2. The molecule has 3 amide bonds. The van der Waals surface area contributed by atoms with Crippen LogP contribution in [0.25, 0.3) is 0 Å². The molecule has 1 fully saturated rings. The number of benzene rings is 2. The summed E-state index contributed by atoms with van der Waals surface area (Å²) in [5, 5.41) is 5.74. The van der Waals surface area contributed by atoms with E-state index in [2.05, 4.69) is 10.6 Å². The Balaban J connectivity index is 1.67. The Morgan fingerprint density at radius 3 is 2.26 bits per heavy atom. The van der Waals surface area contributed by atoms with Gasteiger partial charge >= 0.3 is 0 Å². The Hall–Kier alpha value is -3.59. The van der Waals surface area contributed by atoms with Crippen LogP contribution in [0.5, 0.6) is 11.5 Å². The van der Waals surface area contributed by atoms with Crippen LogP contribution in [0.2, 0.25) is 0 Å². The molecule has 0 saturated carbocycles. The van der Waals surface area contributed by atoms with Crippen molar-refractivity contribution in [3.05, 3.63) is 59.7 Å².